The number of alkyl halides is 3. The second-order valence-corrected chi connectivity index (χ2v) is 6.96. The van der Waals surface area contributed by atoms with Crippen LogP contribution in [0.4, 0.5) is 18.9 Å². The first-order valence-electron chi connectivity index (χ1n) is 7.79. The Balaban J connectivity index is 2.69. The van der Waals surface area contributed by atoms with Crippen molar-refractivity contribution in [1.82, 2.24) is 10.2 Å². The zero-order chi connectivity index (χ0) is 19.4. The van der Waals surface area contributed by atoms with Crippen molar-refractivity contribution < 1.29 is 22.8 Å². The number of benzene rings is 1. The summed E-state index contributed by atoms with van der Waals surface area (Å²) in [7, 11) is 1.60. The molecule has 0 radical (unpaired) electrons. The standard InChI is InChI=1S/C17H24F3N3O2/c1-11(23(5)10-14(24)22-16(2,3)4)15(25)21-13-8-6-7-12(9-13)17(18,19)20/h6-9,11H,10H2,1-5H3,(H,21,25)(H,22,24)/t11-/m1/s1. The summed E-state index contributed by atoms with van der Waals surface area (Å²) in [5, 5.41) is 5.22. The average Bonchev–Trinajstić information content (AvgIpc) is 2.43. The molecule has 1 rings (SSSR count). The van der Waals surface area contributed by atoms with E-state index in [1.54, 1.807) is 14.0 Å². The van der Waals surface area contributed by atoms with Crippen molar-refractivity contribution in [1.29, 1.82) is 0 Å². The highest BCUT2D eigenvalue weighted by Crippen LogP contribution is 2.30. The highest BCUT2D eigenvalue weighted by molar-refractivity contribution is 5.95. The van der Waals surface area contributed by atoms with Crippen molar-refractivity contribution in [2.75, 3.05) is 18.9 Å². The van der Waals surface area contributed by atoms with Crippen LogP contribution in [-0.4, -0.2) is 41.9 Å². The molecule has 0 bridgehead atoms. The van der Waals surface area contributed by atoms with Crippen LogP contribution in [0.2, 0.25) is 0 Å². The summed E-state index contributed by atoms with van der Waals surface area (Å²) in [6.07, 6.45) is -4.48. The molecule has 1 atom stereocenters. The number of likely N-dealkylation sites (N-methyl/N-ethyl adjacent to an activating group) is 1. The average molecular weight is 359 g/mol. The molecule has 0 fully saturated rings. The third-order valence-corrected chi connectivity index (χ3v) is 3.41. The van der Waals surface area contributed by atoms with Gasteiger partial charge in [-0.25, -0.2) is 0 Å². The Kier molecular flexibility index (Phi) is 6.59. The Morgan fingerprint density at radius 2 is 1.80 bits per heavy atom. The van der Waals surface area contributed by atoms with Gasteiger partial charge in [-0.05, 0) is 52.9 Å². The molecule has 0 aliphatic carbocycles. The summed E-state index contributed by atoms with van der Waals surface area (Å²) in [5.41, 5.74) is -1.17. The highest BCUT2D eigenvalue weighted by atomic mass is 19.4. The van der Waals surface area contributed by atoms with Gasteiger partial charge < -0.3 is 10.6 Å². The number of amides is 2. The lowest BCUT2D eigenvalue weighted by Gasteiger charge is -2.26. The Labute approximate surface area is 145 Å². The van der Waals surface area contributed by atoms with E-state index >= 15 is 0 Å². The van der Waals surface area contributed by atoms with Crippen molar-refractivity contribution in [3.63, 3.8) is 0 Å². The molecular weight excluding hydrogens is 335 g/mol. The third-order valence-electron chi connectivity index (χ3n) is 3.41. The lowest BCUT2D eigenvalue weighted by Crippen LogP contribution is -2.49. The summed E-state index contributed by atoms with van der Waals surface area (Å²) in [6.45, 7) is 7.10. The molecule has 0 heterocycles. The molecule has 0 saturated carbocycles. The first kappa shape index (κ1) is 21.0. The predicted octanol–water partition coefficient (Wildman–Crippen LogP) is 2.88. The van der Waals surface area contributed by atoms with E-state index in [9.17, 15) is 22.8 Å². The SMILES string of the molecule is C[C@H](C(=O)Nc1cccc(C(F)(F)F)c1)N(C)CC(=O)NC(C)(C)C. The van der Waals surface area contributed by atoms with Gasteiger partial charge in [-0.1, -0.05) is 6.07 Å². The Morgan fingerprint density at radius 3 is 2.32 bits per heavy atom. The molecule has 140 valence electrons. The normalized spacial score (nSPS) is 13.5. The number of hydrogen-bond donors (Lipinski definition) is 2. The first-order valence-corrected chi connectivity index (χ1v) is 7.79. The second kappa shape index (κ2) is 7.86. The highest BCUT2D eigenvalue weighted by Gasteiger charge is 2.30. The zero-order valence-electron chi connectivity index (χ0n) is 15.0. The molecule has 0 unspecified atom stereocenters. The maximum absolute atomic E-state index is 12.7. The third kappa shape index (κ3) is 7.13. The summed E-state index contributed by atoms with van der Waals surface area (Å²) < 4.78 is 38.1. The van der Waals surface area contributed by atoms with Gasteiger partial charge in [-0.15, -0.1) is 0 Å². The molecule has 8 heteroatoms. The van der Waals surface area contributed by atoms with Crippen LogP contribution >= 0.6 is 0 Å². The summed E-state index contributed by atoms with van der Waals surface area (Å²) >= 11 is 0. The van der Waals surface area contributed by atoms with E-state index in [1.165, 1.54) is 17.0 Å². The maximum Gasteiger partial charge on any atom is 0.416 e. The number of carbonyl (C=O) groups is 2. The van der Waals surface area contributed by atoms with Gasteiger partial charge in [-0.3, -0.25) is 14.5 Å². The number of nitrogens with one attached hydrogen (secondary N) is 2. The number of nitrogens with zero attached hydrogens (tertiary/aromatic N) is 1. The van der Waals surface area contributed by atoms with Crippen molar-refractivity contribution in [3.05, 3.63) is 29.8 Å². The fraction of sp³-hybridized carbons (Fsp3) is 0.529. The van der Waals surface area contributed by atoms with Crippen molar-refractivity contribution in [3.8, 4) is 0 Å². The van der Waals surface area contributed by atoms with Crippen LogP contribution in [0.15, 0.2) is 24.3 Å². The Hall–Kier alpha value is -2.09. The molecule has 2 N–H and O–H groups in total. The topological polar surface area (TPSA) is 61.4 Å². The first-order chi connectivity index (χ1) is 11.3. The molecule has 0 aromatic heterocycles. The molecule has 5 nitrogen and oxygen atoms in total. The number of anilines is 1. The van der Waals surface area contributed by atoms with Gasteiger partial charge in [0, 0.05) is 11.2 Å². The van der Waals surface area contributed by atoms with Gasteiger partial charge in [0.25, 0.3) is 0 Å². The van der Waals surface area contributed by atoms with Gasteiger partial charge in [-0.2, -0.15) is 13.2 Å². The summed E-state index contributed by atoms with van der Waals surface area (Å²) in [5.74, 6) is -0.737. The molecule has 25 heavy (non-hydrogen) atoms. The van der Waals surface area contributed by atoms with E-state index in [0.29, 0.717) is 0 Å². The minimum absolute atomic E-state index is 0.00551. The Bertz CT molecular complexity index is 624. The van der Waals surface area contributed by atoms with Gasteiger partial charge >= 0.3 is 6.18 Å². The molecule has 2 amide bonds. The lowest BCUT2D eigenvalue weighted by molar-refractivity contribution is -0.137. The van der Waals surface area contributed by atoms with Crippen molar-refractivity contribution in [2.24, 2.45) is 0 Å². The molecular formula is C17H24F3N3O2. The van der Waals surface area contributed by atoms with Gasteiger partial charge in [0.1, 0.15) is 0 Å². The fourth-order valence-electron chi connectivity index (χ4n) is 2.04. The molecule has 0 aliphatic heterocycles. The maximum atomic E-state index is 12.7. The number of halogens is 3. The quantitative estimate of drug-likeness (QED) is 0.850. The largest absolute Gasteiger partial charge is 0.416 e. The number of carbonyl (C=O) groups excluding carboxylic acids is 2. The van der Waals surface area contributed by atoms with E-state index in [-0.39, 0.29) is 23.7 Å². The van der Waals surface area contributed by atoms with Crippen LogP contribution < -0.4 is 10.6 Å². The van der Waals surface area contributed by atoms with Crippen LogP contribution in [0.3, 0.4) is 0 Å². The van der Waals surface area contributed by atoms with E-state index in [1.807, 2.05) is 20.8 Å². The minimum atomic E-state index is -4.48. The smallest absolute Gasteiger partial charge is 0.350 e. The van der Waals surface area contributed by atoms with Gasteiger partial charge in [0.05, 0.1) is 18.2 Å². The fourth-order valence-corrected chi connectivity index (χ4v) is 2.04. The van der Waals surface area contributed by atoms with E-state index in [0.717, 1.165) is 12.1 Å². The van der Waals surface area contributed by atoms with Crippen LogP contribution in [-0.2, 0) is 15.8 Å². The zero-order valence-corrected chi connectivity index (χ0v) is 15.0. The van der Waals surface area contributed by atoms with E-state index in [4.69, 9.17) is 0 Å². The summed E-state index contributed by atoms with van der Waals surface area (Å²) in [4.78, 5) is 25.6. The van der Waals surface area contributed by atoms with Crippen LogP contribution in [0.5, 0.6) is 0 Å². The van der Waals surface area contributed by atoms with E-state index < -0.39 is 23.7 Å². The molecule has 1 aromatic rings. The van der Waals surface area contributed by atoms with Crippen molar-refractivity contribution in [2.45, 2.75) is 45.5 Å². The minimum Gasteiger partial charge on any atom is -0.350 e. The second-order valence-electron chi connectivity index (χ2n) is 6.96. The molecule has 0 saturated heterocycles. The molecule has 0 aliphatic rings. The van der Waals surface area contributed by atoms with Gasteiger partial charge in [0.2, 0.25) is 11.8 Å². The van der Waals surface area contributed by atoms with Gasteiger partial charge in [0.15, 0.2) is 0 Å². The predicted molar refractivity (Wildman–Crippen MR) is 90.1 cm³/mol. The summed E-state index contributed by atoms with van der Waals surface area (Å²) in [6, 6.07) is 3.72. The molecule has 1 aromatic carbocycles. The number of rotatable bonds is 5. The molecule has 0 spiro atoms. The number of hydrogen-bond acceptors (Lipinski definition) is 3. The Morgan fingerprint density at radius 1 is 1.20 bits per heavy atom. The van der Waals surface area contributed by atoms with Crippen LogP contribution in [0.25, 0.3) is 0 Å². The van der Waals surface area contributed by atoms with E-state index in [2.05, 4.69) is 10.6 Å². The van der Waals surface area contributed by atoms with Crippen LogP contribution in [0.1, 0.15) is 33.3 Å². The van der Waals surface area contributed by atoms with Crippen LogP contribution in [0, 0.1) is 0 Å². The lowest BCUT2D eigenvalue weighted by atomic mass is 10.1. The monoisotopic (exact) mass is 359 g/mol. The van der Waals surface area contributed by atoms with Crippen molar-refractivity contribution >= 4 is 17.5 Å².